The van der Waals surface area contributed by atoms with Gasteiger partial charge in [-0.3, -0.25) is 4.68 Å². The summed E-state index contributed by atoms with van der Waals surface area (Å²) in [5, 5.41) is 8.10. The van der Waals surface area contributed by atoms with Crippen LogP contribution in [0.1, 0.15) is 24.0 Å². The monoisotopic (exact) mass is 287 g/mol. The van der Waals surface area contributed by atoms with Gasteiger partial charge in [-0.25, -0.2) is 0 Å². The number of nitrogens with one attached hydrogen (secondary N) is 1. The van der Waals surface area contributed by atoms with Crippen LogP contribution in [-0.4, -0.2) is 27.3 Å². The molecule has 1 aromatic carbocycles. The van der Waals surface area contributed by atoms with Crippen molar-refractivity contribution in [2.45, 2.75) is 32.0 Å². The smallest absolute Gasteiger partial charge is 0.0659 e. The van der Waals surface area contributed by atoms with Crippen molar-refractivity contribution in [2.24, 2.45) is 0 Å². The Morgan fingerprint density at radius 2 is 1.95 bits per heavy atom. The van der Waals surface area contributed by atoms with Crippen molar-refractivity contribution >= 4 is 11.8 Å². The Balaban J connectivity index is 1.51. The molecular weight excluding hydrogens is 266 g/mol. The lowest BCUT2D eigenvalue weighted by Gasteiger charge is -2.22. The Bertz CT molecular complexity index is 518. The van der Waals surface area contributed by atoms with E-state index in [1.807, 2.05) is 16.9 Å². The highest BCUT2D eigenvalue weighted by atomic mass is 32.2. The minimum atomic E-state index is 0.689. The van der Waals surface area contributed by atoms with Crippen LogP contribution in [0.3, 0.4) is 0 Å². The van der Waals surface area contributed by atoms with Gasteiger partial charge in [0.05, 0.1) is 12.7 Å². The molecule has 1 aromatic heterocycles. The van der Waals surface area contributed by atoms with E-state index in [2.05, 4.69) is 52.6 Å². The first-order valence-electron chi connectivity index (χ1n) is 7.26. The molecule has 0 unspecified atom stereocenters. The molecule has 0 spiro atoms. The Labute approximate surface area is 124 Å². The van der Waals surface area contributed by atoms with Gasteiger partial charge in [0.25, 0.3) is 0 Å². The zero-order valence-electron chi connectivity index (χ0n) is 11.7. The van der Waals surface area contributed by atoms with Crippen molar-refractivity contribution in [1.29, 1.82) is 0 Å². The molecule has 2 heterocycles. The summed E-state index contributed by atoms with van der Waals surface area (Å²) in [5.41, 5.74) is 2.57. The zero-order valence-corrected chi connectivity index (χ0v) is 12.5. The van der Waals surface area contributed by atoms with Gasteiger partial charge in [0.15, 0.2) is 0 Å². The van der Waals surface area contributed by atoms with Crippen LogP contribution in [0.4, 0.5) is 0 Å². The highest BCUT2D eigenvalue weighted by molar-refractivity contribution is 7.99. The predicted octanol–water partition coefficient (Wildman–Crippen LogP) is 2.92. The number of aromatic nitrogens is 2. The normalized spacial score (nSPS) is 16.4. The number of hydrogen-bond acceptors (Lipinski definition) is 3. The first-order valence-corrected chi connectivity index (χ1v) is 8.42. The van der Waals surface area contributed by atoms with Crippen LogP contribution in [0.15, 0.2) is 42.7 Å². The van der Waals surface area contributed by atoms with Gasteiger partial charge >= 0.3 is 0 Å². The molecule has 0 bridgehead atoms. The lowest BCUT2D eigenvalue weighted by atomic mass is 10.1. The molecule has 20 heavy (non-hydrogen) atoms. The fourth-order valence-electron chi connectivity index (χ4n) is 2.52. The first-order chi connectivity index (χ1) is 9.90. The maximum Gasteiger partial charge on any atom is 0.0659 e. The van der Waals surface area contributed by atoms with Crippen LogP contribution in [0.2, 0.25) is 0 Å². The molecular formula is C16H21N3S. The quantitative estimate of drug-likeness (QED) is 0.917. The Hall–Kier alpha value is -1.26. The summed E-state index contributed by atoms with van der Waals surface area (Å²) < 4.78 is 2.02. The second kappa shape index (κ2) is 6.95. The van der Waals surface area contributed by atoms with Gasteiger partial charge in [-0.15, -0.1) is 0 Å². The minimum absolute atomic E-state index is 0.689. The molecule has 1 aliphatic rings. The fraction of sp³-hybridized carbons (Fsp3) is 0.438. The third-order valence-electron chi connectivity index (χ3n) is 3.69. The highest BCUT2D eigenvalue weighted by Gasteiger charge is 2.12. The predicted molar refractivity (Wildman–Crippen MR) is 85.0 cm³/mol. The number of hydrogen-bond donors (Lipinski definition) is 1. The van der Waals surface area contributed by atoms with E-state index >= 15 is 0 Å². The van der Waals surface area contributed by atoms with Crippen LogP contribution in [0, 0.1) is 0 Å². The van der Waals surface area contributed by atoms with Gasteiger partial charge in [-0.2, -0.15) is 16.9 Å². The molecule has 0 aliphatic carbocycles. The molecule has 3 nitrogen and oxygen atoms in total. The first kappa shape index (κ1) is 13.7. The highest BCUT2D eigenvalue weighted by Crippen LogP contribution is 2.17. The summed E-state index contributed by atoms with van der Waals surface area (Å²) in [6.07, 6.45) is 6.72. The molecule has 2 aromatic rings. The van der Waals surface area contributed by atoms with Crippen LogP contribution in [-0.2, 0) is 13.1 Å². The Kier molecular flexibility index (Phi) is 4.77. The third-order valence-corrected chi connectivity index (χ3v) is 4.74. The lowest BCUT2D eigenvalue weighted by Crippen LogP contribution is -2.31. The van der Waals surface area contributed by atoms with E-state index in [9.17, 15) is 0 Å². The molecule has 1 N–H and O–H groups in total. The molecule has 3 rings (SSSR count). The van der Waals surface area contributed by atoms with Gasteiger partial charge in [0.1, 0.15) is 0 Å². The van der Waals surface area contributed by atoms with Gasteiger partial charge in [0, 0.05) is 24.3 Å². The number of thioether (sulfide) groups is 1. The van der Waals surface area contributed by atoms with E-state index in [1.54, 1.807) is 0 Å². The SMILES string of the molecule is c1ccc(Cn2cc(CNC3CCSCC3)cn2)cc1. The standard InChI is InChI=1S/C16H21N3S/c1-2-4-14(5-3-1)12-19-13-15(11-18-19)10-17-16-6-8-20-9-7-16/h1-5,11,13,16-17H,6-10,12H2. The fourth-order valence-corrected chi connectivity index (χ4v) is 3.63. The van der Waals surface area contributed by atoms with E-state index in [1.165, 1.54) is 35.5 Å². The summed E-state index contributed by atoms with van der Waals surface area (Å²) in [5.74, 6) is 2.59. The van der Waals surface area contributed by atoms with Crippen molar-refractivity contribution in [2.75, 3.05) is 11.5 Å². The van der Waals surface area contributed by atoms with Crippen LogP contribution in [0.5, 0.6) is 0 Å². The van der Waals surface area contributed by atoms with Crippen molar-refractivity contribution in [1.82, 2.24) is 15.1 Å². The van der Waals surface area contributed by atoms with Gasteiger partial charge in [-0.05, 0) is 29.9 Å². The van der Waals surface area contributed by atoms with Gasteiger partial charge in [-0.1, -0.05) is 30.3 Å². The molecule has 0 radical (unpaired) electrons. The average Bonchev–Trinajstić information content (AvgIpc) is 2.95. The topological polar surface area (TPSA) is 29.9 Å². The van der Waals surface area contributed by atoms with E-state index in [4.69, 9.17) is 0 Å². The summed E-state index contributed by atoms with van der Waals surface area (Å²) in [7, 11) is 0. The maximum absolute atomic E-state index is 4.45. The number of nitrogens with zero attached hydrogens (tertiary/aromatic N) is 2. The number of benzene rings is 1. The van der Waals surface area contributed by atoms with Crippen molar-refractivity contribution in [3.8, 4) is 0 Å². The molecule has 1 fully saturated rings. The molecule has 1 saturated heterocycles. The summed E-state index contributed by atoms with van der Waals surface area (Å²) in [6, 6.07) is 11.2. The van der Waals surface area contributed by atoms with E-state index in [-0.39, 0.29) is 0 Å². The largest absolute Gasteiger partial charge is 0.310 e. The molecule has 1 aliphatic heterocycles. The van der Waals surface area contributed by atoms with Crippen LogP contribution < -0.4 is 5.32 Å². The molecule has 4 heteroatoms. The molecule has 106 valence electrons. The van der Waals surface area contributed by atoms with Crippen LogP contribution in [0.25, 0.3) is 0 Å². The van der Waals surface area contributed by atoms with Crippen molar-refractivity contribution in [3.05, 3.63) is 53.9 Å². The summed E-state index contributed by atoms with van der Waals surface area (Å²) in [4.78, 5) is 0. The Morgan fingerprint density at radius 3 is 2.75 bits per heavy atom. The van der Waals surface area contributed by atoms with E-state index in [0.717, 1.165) is 13.1 Å². The van der Waals surface area contributed by atoms with Crippen LogP contribution >= 0.6 is 11.8 Å². The number of rotatable bonds is 5. The third kappa shape index (κ3) is 3.87. The zero-order chi connectivity index (χ0) is 13.6. The van der Waals surface area contributed by atoms with Gasteiger partial charge in [0.2, 0.25) is 0 Å². The van der Waals surface area contributed by atoms with E-state index < -0.39 is 0 Å². The van der Waals surface area contributed by atoms with Crippen molar-refractivity contribution < 1.29 is 0 Å². The van der Waals surface area contributed by atoms with Gasteiger partial charge < -0.3 is 5.32 Å². The minimum Gasteiger partial charge on any atom is -0.310 e. The average molecular weight is 287 g/mol. The molecule has 0 atom stereocenters. The Morgan fingerprint density at radius 1 is 1.15 bits per heavy atom. The van der Waals surface area contributed by atoms with E-state index in [0.29, 0.717) is 6.04 Å². The second-order valence-electron chi connectivity index (χ2n) is 5.30. The van der Waals surface area contributed by atoms with Crippen molar-refractivity contribution in [3.63, 3.8) is 0 Å². The molecule has 0 amide bonds. The second-order valence-corrected chi connectivity index (χ2v) is 6.52. The summed E-state index contributed by atoms with van der Waals surface area (Å²) >= 11 is 2.07. The summed E-state index contributed by atoms with van der Waals surface area (Å²) in [6.45, 7) is 1.78. The molecule has 0 saturated carbocycles. The maximum atomic E-state index is 4.45. The lowest BCUT2D eigenvalue weighted by molar-refractivity contribution is 0.482.